The van der Waals surface area contributed by atoms with E-state index in [1.165, 1.54) is 0 Å². The van der Waals surface area contributed by atoms with E-state index in [4.69, 9.17) is 19.7 Å². The predicted molar refractivity (Wildman–Crippen MR) is 111 cm³/mol. The number of hydrogen-bond donors (Lipinski definition) is 4. The fourth-order valence-corrected chi connectivity index (χ4v) is 2.03. The molecule has 4 N–H and O–H groups in total. The molecule has 0 aromatic rings. The van der Waals surface area contributed by atoms with E-state index in [2.05, 4.69) is 0 Å². The molecule has 0 aliphatic carbocycles. The van der Waals surface area contributed by atoms with Crippen molar-refractivity contribution in [2.75, 3.05) is 13.2 Å². The lowest BCUT2D eigenvalue weighted by Crippen LogP contribution is -2.48. The molecule has 0 heterocycles. The third-order valence-corrected chi connectivity index (χ3v) is 4.04. The number of aliphatic hydroxyl groups excluding tert-OH is 2. The Balaban J connectivity index is 0. The van der Waals surface area contributed by atoms with Gasteiger partial charge in [0.2, 0.25) is 0 Å². The van der Waals surface area contributed by atoms with Crippen LogP contribution in [0.25, 0.3) is 0 Å². The van der Waals surface area contributed by atoms with Crippen molar-refractivity contribution in [2.24, 2.45) is 11.8 Å². The predicted octanol–water partition coefficient (Wildman–Crippen LogP) is 4.14. The quantitative estimate of drug-likeness (QED) is 0.396. The molecule has 0 unspecified atom stereocenters. The molecular weight excluding hydrogens is 478 g/mol. The number of aliphatic hydroxyl groups is 2. The summed E-state index contributed by atoms with van der Waals surface area (Å²) in [4.78, 5) is 22.5. The number of carbonyl (C=O) groups is 2. The Morgan fingerprint density at radius 1 is 0.676 bits per heavy atom. The fourth-order valence-electron chi connectivity index (χ4n) is 2.03. The monoisotopic (exact) mass is 514 g/mol. The largest absolute Gasteiger partial charge is 0.444 e. The standard InChI is InChI=1S/2C10H18F3NO3/c2*1-6(10(11,12)13)7(5-15)14-8(16)17-9(2,3)4/h2*6-7,15H,5H2,1-4H3,(H,14,16)/t6-,7+;6-,7-/m01/s1. The van der Waals surface area contributed by atoms with Crippen LogP contribution in [-0.2, 0) is 9.47 Å². The van der Waals surface area contributed by atoms with Gasteiger partial charge < -0.3 is 30.3 Å². The minimum atomic E-state index is -4.48. The maximum atomic E-state index is 12.4. The Bertz CT molecular complexity index is 575. The first-order valence-electron chi connectivity index (χ1n) is 10.3. The van der Waals surface area contributed by atoms with Crippen molar-refractivity contribution in [1.29, 1.82) is 0 Å². The first-order chi connectivity index (χ1) is 14.9. The second kappa shape index (κ2) is 13.2. The SMILES string of the molecule is C[C@@H]([C@@H](CO)NC(=O)OC(C)(C)C)C(F)(F)F.C[C@H]([C@@H](CO)NC(=O)OC(C)(C)C)C(F)(F)F. The molecule has 4 atom stereocenters. The zero-order chi connectivity index (χ0) is 27.7. The molecule has 0 rings (SSSR count). The Kier molecular flexibility index (Phi) is 13.3. The van der Waals surface area contributed by atoms with E-state index in [0.29, 0.717) is 0 Å². The highest BCUT2D eigenvalue weighted by Gasteiger charge is 2.43. The maximum absolute atomic E-state index is 12.4. The molecule has 0 aromatic heterocycles. The van der Waals surface area contributed by atoms with E-state index < -0.39 is 72.9 Å². The zero-order valence-electron chi connectivity index (χ0n) is 20.5. The summed E-state index contributed by atoms with van der Waals surface area (Å²) in [5.74, 6) is -3.69. The molecule has 0 bridgehead atoms. The summed E-state index contributed by atoms with van der Waals surface area (Å²) in [5.41, 5.74) is -1.60. The highest BCUT2D eigenvalue weighted by molar-refractivity contribution is 5.68. The van der Waals surface area contributed by atoms with Gasteiger partial charge in [-0.15, -0.1) is 0 Å². The minimum Gasteiger partial charge on any atom is -0.444 e. The lowest BCUT2D eigenvalue weighted by atomic mass is 10.0. The summed E-state index contributed by atoms with van der Waals surface area (Å²) < 4.78 is 83.8. The van der Waals surface area contributed by atoms with E-state index in [1.54, 1.807) is 41.5 Å². The van der Waals surface area contributed by atoms with Gasteiger partial charge in [0.1, 0.15) is 11.2 Å². The normalized spacial score (nSPS) is 16.2. The van der Waals surface area contributed by atoms with Crippen LogP contribution in [0.5, 0.6) is 0 Å². The number of amides is 2. The van der Waals surface area contributed by atoms with Gasteiger partial charge in [-0.25, -0.2) is 9.59 Å². The molecule has 0 saturated heterocycles. The van der Waals surface area contributed by atoms with Crippen LogP contribution in [-0.4, -0.2) is 71.3 Å². The molecule has 204 valence electrons. The molecule has 8 nitrogen and oxygen atoms in total. The van der Waals surface area contributed by atoms with Gasteiger partial charge in [0.25, 0.3) is 0 Å². The smallest absolute Gasteiger partial charge is 0.407 e. The molecule has 0 saturated carbocycles. The van der Waals surface area contributed by atoms with Gasteiger partial charge in [0.15, 0.2) is 0 Å². The lowest BCUT2D eigenvalue weighted by molar-refractivity contribution is -0.180. The number of alkyl carbamates (subject to hydrolysis) is 2. The van der Waals surface area contributed by atoms with Crippen LogP contribution in [0.2, 0.25) is 0 Å². The van der Waals surface area contributed by atoms with Crippen LogP contribution < -0.4 is 10.6 Å². The van der Waals surface area contributed by atoms with E-state index in [0.717, 1.165) is 13.8 Å². The average molecular weight is 515 g/mol. The van der Waals surface area contributed by atoms with E-state index >= 15 is 0 Å². The zero-order valence-corrected chi connectivity index (χ0v) is 20.5. The van der Waals surface area contributed by atoms with Gasteiger partial charge in [-0.3, -0.25) is 0 Å². The lowest BCUT2D eigenvalue weighted by Gasteiger charge is -2.27. The van der Waals surface area contributed by atoms with Crippen molar-refractivity contribution in [3.8, 4) is 0 Å². The Labute approximate surface area is 195 Å². The molecule has 0 aliphatic heterocycles. The molecule has 0 spiro atoms. The molecular formula is C20H36F6N2O6. The number of ether oxygens (including phenoxy) is 2. The van der Waals surface area contributed by atoms with Crippen LogP contribution in [0.3, 0.4) is 0 Å². The number of carbonyl (C=O) groups excluding carboxylic acids is 2. The van der Waals surface area contributed by atoms with E-state index in [9.17, 15) is 35.9 Å². The van der Waals surface area contributed by atoms with Gasteiger partial charge in [0, 0.05) is 0 Å². The third-order valence-electron chi connectivity index (χ3n) is 4.04. The summed E-state index contributed by atoms with van der Waals surface area (Å²) in [7, 11) is 0. The van der Waals surface area contributed by atoms with Crippen LogP contribution in [0.15, 0.2) is 0 Å². The van der Waals surface area contributed by atoms with Crippen molar-refractivity contribution >= 4 is 12.2 Å². The summed E-state index contributed by atoms with van der Waals surface area (Å²) in [6.07, 6.45) is -10.9. The number of hydrogen-bond acceptors (Lipinski definition) is 6. The first-order valence-corrected chi connectivity index (χ1v) is 10.3. The van der Waals surface area contributed by atoms with Crippen molar-refractivity contribution < 1.29 is 55.6 Å². The molecule has 0 aromatic carbocycles. The Hall–Kier alpha value is -1.96. The second-order valence-corrected chi connectivity index (χ2v) is 9.53. The van der Waals surface area contributed by atoms with Crippen LogP contribution in [0.1, 0.15) is 55.4 Å². The van der Waals surface area contributed by atoms with Crippen molar-refractivity contribution in [2.45, 2.75) is 91.0 Å². The molecule has 14 heteroatoms. The number of rotatable bonds is 6. The van der Waals surface area contributed by atoms with Crippen molar-refractivity contribution in [1.82, 2.24) is 10.6 Å². The highest BCUT2D eigenvalue weighted by Crippen LogP contribution is 2.29. The molecule has 0 radical (unpaired) electrons. The van der Waals surface area contributed by atoms with Gasteiger partial charge in [-0.1, -0.05) is 13.8 Å². The Morgan fingerprint density at radius 2 is 0.912 bits per heavy atom. The van der Waals surface area contributed by atoms with Gasteiger partial charge in [0.05, 0.1) is 37.1 Å². The number of nitrogens with one attached hydrogen (secondary N) is 2. The Morgan fingerprint density at radius 3 is 1.06 bits per heavy atom. The van der Waals surface area contributed by atoms with Crippen LogP contribution >= 0.6 is 0 Å². The maximum Gasteiger partial charge on any atom is 0.407 e. The molecule has 0 aliphatic rings. The van der Waals surface area contributed by atoms with E-state index in [-0.39, 0.29) is 0 Å². The third kappa shape index (κ3) is 15.8. The summed E-state index contributed by atoms with van der Waals surface area (Å²) in [6.45, 7) is 9.71. The first kappa shape index (κ1) is 34.2. The van der Waals surface area contributed by atoms with E-state index in [1.807, 2.05) is 10.6 Å². The number of halogens is 6. The van der Waals surface area contributed by atoms with Crippen molar-refractivity contribution in [3.63, 3.8) is 0 Å². The molecule has 0 fully saturated rings. The topological polar surface area (TPSA) is 117 Å². The average Bonchev–Trinajstić information content (AvgIpc) is 2.59. The van der Waals surface area contributed by atoms with Gasteiger partial charge >= 0.3 is 24.5 Å². The summed E-state index contributed by atoms with van der Waals surface area (Å²) in [6, 6.07) is -2.82. The second-order valence-electron chi connectivity index (χ2n) is 9.53. The van der Waals surface area contributed by atoms with Gasteiger partial charge in [-0.05, 0) is 41.5 Å². The summed E-state index contributed by atoms with van der Waals surface area (Å²) in [5, 5.41) is 21.7. The fraction of sp³-hybridized carbons (Fsp3) is 0.900. The van der Waals surface area contributed by atoms with Crippen LogP contribution in [0.4, 0.5) is 35.9 Å². The number of alkyl halides is 6. The highest BCUT2D eigenvalue weighted by atomic mass is 19.4. The van der Waals surface area contributed by atoms with Gasteiger partial charge in [-0.2, -0.15) is 26.3 Å². The minimum absolute atomic E-state index is 0.800. The van der Waals surface area contributed by atoms with Crippen LogP contribution in [0, 0.1) is 11.8 Å². The molecule has 2 amide bonds. The summed E-state index contributed by atoms with van der Waals surface area (Å²) >= 11 is 0. The molecule has 34 heavy (non-hydrogen) atoms. The van der Waals surface area contributed by atoms with Crippen molar-refractivity contribution in [3.05, 3.63) is 0 Å².